The molecule has 3 atom stereocenters. The number of carbonyl (C=O) groups is 8. The molecule has 68 heavy (non-hydrogen) atoms. The molecule has 2 aromatic heterocycles. The molecule has 0 saturated carbocycles. The Hall–Kier alpha value is -7.63. The largest absolute Gasteiger partial charge is 0.458 e. The Bertz CT molecular complexity index is 2800. The molecule has 358 valence electrons. The van der Waals surface area contributed by atoms with Crippen LogP contribution in [0, 0.1) is 12.7 Å². The quantitative estimate of drug-likeness (QED) is 0.0334. The summed E-state index contributed by atoms with van der Waals surface area (Å²) in [7, 11) is 0. The number of halogens is 1. The number of hydrogen-bond acceptors (Lipinski definition) is 14. The van der Waals surface area contributed by atoms with Crippen LogP contribution in [-0.2, 0) is 79.5 Å². The van der Waals surface area contributed by atoms with Gasteiger partial charge in [-0.15, -0.1) is 0 Å². The second kappa shape index (κ2) is 20.5. The third-order valence-corrected chi connectivity index (χ3v) is 12.0. The van der Waals surface area contributed by atoms with Crippen LogP contribution >= 0.6 is 0 Å². The zero-order valence-corrected chi connectivity index (χ0v) is 37.0. The summed E-state index contributed by atoms with van der Waals surface area (Å²) in [6.45, 7) is -0.197. The molecule has 7 amide bonds. The minimum Gasteiger partial charge on any atom is -0.458 e. The fraction of sp³-hybridized carbons (Fsp3) is 0.378. The molecular weight excluding hydrogens is 892 g/mol. The maximum absolute atomic E-state index is 15.3. The molecule has 7 rings (SSSR count). The van der Waals surface area contributed by atoms with E-state index >= 15 is 4.39 Å². The lowest BCUT2D eigenvalue weighted by Gasteiger charge is -2.31. The summed E-state index contributed by atoms with van der Waals surface area (Å²) in [5, 5.41) is 26.6. The molecule has 4 heterocycles. The number of nitrogens with zero attached hydrogens (tertiary/aromatic N) is 2. The number of rotatable bonds is 18. The Kier molecular flexibility index (Phi) is 14.6. The summed E-state index contributed by atoms with van der Waals surface area (Å²) in [6.07, 6.45) is 0.721. The first-order valence-corrected chi connectivity index (χ1v) is 21.7. The van der Waals surface area contributed by atoms with E-state index < -0.39 is 109 Å². The Morgan fingerprint density at radius 2 is 1.59 bits per heavy atom. The van der Waals surface area contributed by atoms with Crippen LogP contribution < -0.4 is 48.7 Å². The van der Waals surface area contributed by atoms with E-state index in [1.807, 2.05) is 0 Å². The molecule has 3 aliphatic rings. The number of aliphatic hydroxyl groups is 1. The van der Waals surface area contributed by atoms with Crippen molar-refractivity contribution in [3.8, 4) is 11.4 Å². The van der Waals surface area contributed by atoms with Gasteiger partial charge in [0.2, 0.25) is 35.4 Å². The number of esters is 1. The second-order valence-electron chi connectivity index (χ2n) is 16.3. The van der Waals surface area contributed by atoms with Gasteiger partial charge in [0.05, 0.1) is 67.8 Å². The zero-order chi connectivity index (χ0) is 48.9. The van der Waals surface area contributed by atoms with Gasteiger partial charge >= 0.3 is 5.97 Å². The van der Waals surface area contributed by atoms with E-state index in [0.29, 0.717) is 57.4 Å². The number of amides is 7. The number of benzene rings is 2. The van der Waals surface area contributed by atoms with Gasteiger partial charge in [-0.1, -0.05) is 37.3 Å². The lowest BCUT2D eigenvalue weighted by Crippen LogP contribution is -2.52. The molecule has 1 aliphatic carbocycles. The number of cyclic esters (lactones) is 1. The first-order chi connectivity index (χ1) is 32.5. The standard InChI is InChI=1S/C45H49FN10O12/c1-3-45(66)27-12-32-41-25(19-56(32)43(64)26(27)20-67-44(45)65)40-29(10-9-24-22(2)28(46)13-30(54-41)39(24)40)52-38(62)21-68-55-37(61)18-50-34(58)15-49-35(59)16-51-42(63)31(11-23-7-5-4-6-8-23)53-36(60)17-48-33(57)14-47/h4-8,12-13,29,31,66H,3,9-11,14-21,47H2,1-2H3,(H,48,57)(H,49,59)(H,50,58)(H,51,63)(H,52,62)(H,53,60)(H,55,61)/t29-,31-,45-/m0/s1. The maximum atomic E-state index is 15.3. The van der Waals surface area contributed by atoms with Gasteiger partial charge in [0.1, 0.15) is 18.5 Å². The van der Waals surface area contributed by atoms with E-state index in [1.165, 1.54) is 10.6 Å². The van der Waals surface area contributed by atoms with Gasteiger partial charge in [-0.25, -0.2) is 19.6 Å². The highest BCUT2D eigenvalue weighted by molar-refractivity contribution is 5.95. The minimum absolute atomic E-state index is 0.0329. The third kappa shape index (κ3) is 10.2. The molecule has 23 heteroatoms. The maximum Gasteiger partial charge on any atom is 0.343 e. The lowest BCUT2D eigenvalue weighted by molar-refractivity contribution is -0.172. The van der Waals surface area contributed by atoms with Crippen molar-refractivity contribution in [2.24, 2.45) is 5.73 Å². The molecule has 0 bridgehead atoms. The van der Waals surface area contributed by atoms with Crippen molar-refractivity contribution in [3.05, 3.63) is 97.6 Å². The first kappa shape index (κ1) is 48.3. The fourth-order valence-electron chi connectivity index (χ4n) is 8.48. The highest BCUT2D eigenvalue weighted by Gasteiger charge is 2.46. The molecule has 0 fully saturated rings. The van der Waals surface area contributed by atoms with E-state index in [0.717, 1.165) is 0 Å². The Balaban J connectivity index is 0.903. The highest BCUT2D eigenvalue weighted by Crippen LogP contribution is 2.46. The van der Waals surface area contributed by atoms with Gasteiger partial charge in [0.25, 0.3) is 11.5 Å². The molecule has 0 spiro atoms. The summed E-state index contributed by atoms with van der Waals surface area (Å²) < 4.78 is 21.9. The Morgan fingerprint density at radius 1 is 0.912 bits per heavy atom. The van der Waals surface area contributed by atoms with Crippen LogP contribution in [0.25, 0.3) is 22.3 Å². The number of ether oxygens (including phenoxy) is 1. The van der Waals surface area contributed by atoms with Gasteiger partial charge in [-0.3, -0.25) is 43.2 Å². The number of nitrogens with two attached hydrogens (primary N) is 1. The van der Waals surface area contributed by atoms with E-state index in [-0.39, 0.29) is 49.2 Å². The number of aryl methyl sites for hydroxylation is 1. The number of nitrogens with one attached hydrogen (secondary N) is 7. The number of pyridine rings is 2. The fourth-order valence-corrected chi connectivity index (χ4v) is 8.48. The molecule has 4 aromatic rings. The lowest BCUT2D eigenvalue weighted by atomic mass is 9.81. The summed E-state index contributed by atoms with van der Waals surface area (Å²) in [4.78, 5) is 124. The molecule has 0 radical (unpaired) electrons. The number of hydrogen-bond donors (Lipinski definition) is 9. The molecule has 10 N–H and O–H groups in total. The topological polar surface area (TPSA) is 320 Å². The molecule has 22 nitrogen and oxygen atoms in total. The summed E-state index contributed by atoms with van der Waals surface area (Å²) in [6, 6.07) is 9.78. The van der Waals surface area contributed by atoms with Crippen LogP contribution in [0.2, 0.25) is 0 Å². The van der Waals surface area contributed by atoms with E-state index in [9.17, 15) is 48.3 Å². The Labute approximate surface area is 386 Å². The van der Waals surface area contributed by atoms with Gasteiger partial charge in [-0.05, 0) is 54.5 Å². The SMILES string of the molecule is CC[C@@]1(O)C(=O)OCc2c1cc1n(c2=O)Cc2c-1nc1cc(F)c(C)c3c1c2[C@@H](NC(=O)CONC(=O)CNC(=O)CNC(=O)CNC(=O)[C@H](Cc1ccccc1)NC(=O)CNC(=O)CN)CC3. The molecular formula is C45H49FN10O12. The highest BCUT2D eigenvalue weighted by atomic mass is 19.1. The number of fused-ring (bicyclic) bond motifs is 5. The molecule has 2 aliphatic heterocycles. The number of hydroxylamine groups is 1. The first-order valence-electron chi connectivity index (χ1n) is 21.7. The minimum atomic E-state index is -2.06. The van der Waals surface area contributed by atoms with Crippen molar-refractivity contribution in [3.63, 3.8) is 0 Å². The Morgan fingerprint density at radius 3 is 2.29 bits per heavy atom. The second-order valence-corrected chi connectivity index (χ2v) is 16.3. The molecule has 0 saturated heterocycles. The van der Waals surface area contributed by atoms with Crippen molar-refractivity contribution < 1.29 is 57.4 Å². The van der Waals surface area contributed by atoms with Gasteiger partial charge in [0.15, 0.2) is 12.2 Å². The predicted molar refractivity (Wildman–Crippen MR) is 236 cm³/mol. The van der Waals surface area contributed by atoms with Crippen LogP contribution in [-0.4, -0.2) is 107 Å². The van der Waals surface area contributed by atoms with Gasteiger partial charge in [0, 0.05) is 29.0 Å². The van der Waals surface area contributed by atoms with Crippen LogP contribution in [0.1, 0.15) is 64.8 Å². The number of carbonyl (C=O) groups excluding carboxylic acids is 8. The monoisotopic (exact) mass is 940 g/mol. The van der Waals surface area contributed by atoms with Gasteiger partial charge < -0.3 is 52.0 Å². The third-order valence-electron chi connectivity index (χ3n) is 12.0. The van der Waals surface area contributed by atoms with Gasteiger partial charge in [-0.2, -0.15) is 0 Å². The van der Waals surface area contributed by atoms with Crippen molar-refractivity contribution in [2.75, 3.05) is 39.3 Å². The average Bonchev–Trinajstić information content (AvgIpc) is 3.70. The zero-order valence-electron chi connectivity index (χ0n) is 37.0. The summed E-state index contributed by atoms with van der Waals surface area (Å²) in [5.74, 6) is -6.33. The average molecular weight is 941 g/mol. The number of aromatic nitrogens is 2. The van der Waals surface area contributed by atoms with E-state index in [1.54, 1.807) is 50.2 Å². The van der Waals surface area contributed by atoms with E-state index in [2.05, 4.69) is 37.4 Å². The van der Waals surface area contributed by atoms with Crippen molar-refractivity contribution in [1.29, 1.82) is 0 Å². The predicted octanol–water partition coefficient (Wildman–Crippen LogP) is -2.17. The summed E-state index contributed by atoms with van der Waals surface area (Å²) in [5.41, 5.74) is 8.96. The normalized spacial score (nSPS) is 16.8. The van der Waals surface area contributed by atoms with Crippen LogP contribution in [0.5, 0.6) is 0 Å². The molecule has 0 unspecified atom stereocenters. The van der Waals surface area contributed by atoms with Crippen LogP contribution in [0.3, 0.4) is 0 Å². The van der Waals surface area contributed by atoms with Crippen LogP contribution in [0.4, 0.5) is 4.39 Å². The van der Waals surface area contributed by atoms with Crippen molar-refractivity contribution in [1.82, 2.24) is 46.9 Å². The smallest absolute Gasteiger partial charge is 0.343 e. The molecule has 2 aromatic carbocycles. The van der Waals surface area contributed by atoms with Crippen molar-refractivity contribution >= 4 is 58.2 Å². The van der Waals surface area contributed by atoms with Crippen molar-refractivity contribution in [2.45, 2.75) is 70.4 Å². The van der Waals surface area contributed by atoms with Crippen LogP contribution in [0.15, 0.2) is 47.3 Å². The van der Waals surface area contributed by atoms with E-state index in [4.69, 9.17) is 20.3 Å². The summed E-state index contributed by atoms with van der Waals surface area (Å²) >= 11 is 0.